The van der Waals surface area contributed by atoms with Gasteiger partial charge in [-0.05, 0) is 12.1 Å². The van der Waals surface area contributed by atoms with Crippen LogP contribution in [0.4, 0.5) is 10.5 Å². The first kappa shape index (κ1) is 21.9. The van der Waals surface area contributed by atoms with Gasteiger partial charge in [0.2, 0.25) is 0 Å². The average molecular weight is 461 g/mol. The fraction of sp³-hybridized carbons (Fsp3) is 0.360. The number of amides is 3. The average Bonchev–Trinajstić information content (AvgIpc) is 3.26. The fourth-order valence-electron chi connectivity index (χ4n) is 4.86. The largest absolute Gasteiger partial charge is 0.368 e. The highest BCUT2D eigenvalue weighted by Crippen LogP contribution is 2.29. The van der Waals surface area contributed by atoms with Crippen LogP contribution < -0.4 is 4.90 Å². The maximum Gasteiger partial charge on any atom is 0.328 e. The molecule has 0 saturated carbocycles. The van der Waals surface area contributed by atoms with Crippen molar-refractivity contribution in [2.24, 2.45) is 4.99 Å². The third-order valence-electron chi connectivity index (χ3n) is 6.79. The Morgan fingerprint density at radius 3 is 2.12 bits per heavy atom. The van der Waals surface area contributed by atoms with Crippen LogP contribution in [0.25, 0.3) is 0 Å². The van der Waals surface area contributed by atoms with E-state index >= 15 is 0 Å². The van der Waals surface area contributed by atoms with Crippen LogP contribution in [0.5, 0.6) is 0 Å². The molecule has 5 rings (SSSR count). The smallest absolute Gasteiger partial charge is 0.328 e. The molecule has 3 amide bonds. The van der Waals surface area contributed by atoms with E-state index in [1.807, 2.05) is 36.4 Å². The summed E-state index contributed by atoms with van der Waals surface area (Å²) in [5, 5.41) is 0. The number of piperazine rings is 1. The third kappa shape index (κ3) is 3.76. The number of urea groups is 1. The third-order valence-corrected chi connectivity index (χ3v) is 6.79. The predicted molar refractivity (Wildman–Crippen MR) is 129 cm³/mol. The van der Waals surface area contributed by atoms with Crippen molar-refractivity contribution in [1.29, 1.82) is 0 Å². The van der Waals surface area contributed by atoms with Crippen LogP contribution in [0.15, 0.2) is 65.7 Å². The number of anilines is 1. The first-order chi connectivity index (χ1) is 16.5. The number of ketones is 1. The molecule has 3 aliphatic rings. The van der Waals surface area contributed by atoms with Gasteiger partial charge in [-0.15, -0.1) is 0 Å². The highest BCUT2D eigenvalue weighted by Gasteiger charge is 2.52. The molecule has 9 heteroatoms. The maximum absolute atomic E-state index is 13.2. The number of Topliss-reactive ketones (excluding diaryl/α,β-unsaturated/α-hetero) is 1. The van der Waals surface area contributed by atoms with Crippen molar-refractivity contribution in [3.63, 3.8) is 0 Å². The standard InChI is InChI=1S/C25H28N6O3/c1-27-22-21(23(33)28(2)25(27)34)31(17-20(32)18-9-5-3-6-10-18)24(26-22)30-15-13-29(14-16-30)19-11-7-4-8-12-19/h3-12,21-22H,13-17H2,1-2H3. The SMILES string of the molecule is CN1C(=O)C2C(N=C(N3CCN(c4ccccc4)CC3)N2CC(=O)c2ccccc2)N(C)C1=O. The molecule has 3 aliphatic heterocycles. The quantitative estimate of drug-likeness (QED) is 0.645. The number of rotatable bonds is 4. The van der Waals surface area contributed by atoms with E-state index in [9.17, 15) is 14.4 Å². The monoisotopic (exact) mass is 460 g/mol. The number of nitrogens with zero attached hydrogens (tertiary/aromatic N) is 6. The summed E-state index contributed by atoms with van der Waals surface area (Å²) >= 11 is 0. The number of para-hydroxylation sites is 1. The lowest BCUT2D eigenvalue weighted by Crippen LogP contribution is -2.65. The van der Waals surface area contributed by atoms with Gasteiger partial charge in [0.05, 0.1) is 6.54 Å². The Balaban J connectivity index is 1.41. The summed E-state index contributed by atoms with van der Waals surface area (Å²) in [5.74, 6) is 0.179. The van der Waals surface area contributed by atoms with Gasteiger partial charge in [0.15, 0.2) is 24.0 Å². The zero-order valence-corrected chi connectivity index (χ0v) is 19.4. The van der Waals surface area contributed by atoms with Gasteiger partial charge in [-0.25, -0.2) is 9.79 Å². The van der Waals surface area contributed by atoms with E-state index in [2.05, 4.69) is 21.9 Å². The lowest BCUT2D eigenvalue weighted by Gasteiger charge is -2.42. The molecule has 0 spiro atoms. The molecule has 2 saturated heterocycles. The number of fused-ring (bicyclic) bond motifs is 1. The van der Waals surface area contributed by atoms with Gasteiger partial charge >= 0.3 is 6.03 Å². The van der Waals surface area contributed by atoms with Gasteiger partial charge in [-0.3, -0.25) is 14.5 Å². The second-order valence-electron chi connectivity index (χ2n) is 8.81. The number of carbonyl (C=O) groups excluding carboxylic acids is 3. The van der Waals surface area contributed by atoms with Gasteiger partial charge in [0.25, 0.3) is 5.91 Å². The molecule has 2 unspecified atom stereocenters. The van der Waals surface area contributed by atoms with Crippen molar-refractivity contribution in [3.05, 3.63) is 66.2 Å². The van der Waals surface area contributed by atoms with Crippen LogP contribution in [-0.2, 0) is 4.79 Å². The Morgan fingerprint density at radius 1 is 0.882 bits per heavy atom. The molecular formula is C25H28N6O3. The Morgan fingerprint density at radius 2 is 1.47 bits per heavy atom. The number of hydrogen-bond donors (Lipinski definition) is 0. The number of carbonyl (C=O) groups is 3. The minimum absolute atomic E-state index is 0.0184. The van der Waals surface area contributed by atoms with E-state index in [0.717, 1.165) is 18.0 Å². The lowest BCUT2D eigenvalue weighted by atomic mass is 10.1. The molecule has 34 heavy (non-hydrogen) atoms. The molecule has 3 heterocycles. The zero-order valence-electron chi connectivity index (χ0n) is 19.4. The molecule has 0 aromatic heterocycles. The van der Waals surface area contributed by atoms with Crippen molar-refractivity contribution in [2.45, 2.75) is 12.2 Å². The predicted octanol–water partition coefficient (Wildman–Crippen LogP) is 1.58. The first-order valence-corrected chi connectivity index (χ1v) is 11.5. The zero-order chi connectivity index (χ0) is 23.8. The molecule has 176 valence electrons. The summed E-state index contributed by atoms with van der Waals surface area (Å²) in [6, 6.07) is 18.2. The second-order valence-corrected chi connectivity index (χ2v) is 8.81. The van der Waals surface area contributed by atoms with Crippen molar-refractivity contribution >= 4 is 29.4 Å². The van der Waals surface area contributed by atoms with E-state index in [1.165, 1.54) is 17.6 Å². The number of likely N-dealkylation sites (N-methyl/N-ethyl adjacent to an activating group) is 2. The summed E-state index contributed by atoms with van der Waals surface area (Å²) in [6.07, 6.45) is -0.651. The number of benzene rings is 2. The number of hydrogen-bond acceptors (Lipinski definition) is 7. The van der Waals surface area contributed by atoms with E-state index in [1.54, 1.807) is 24.1 Å². The van der Waals surface area contributed by atoms with Crippen LogP contribution in [0.3, 0.4) is 0 Å². The molecule has 0 bridgehead atoms. The lowest BCUT2D eigenvalue weighted by molar-refractivity contribution is -0.136. The van der Waals surface area contributed by atoms with Gasteiger partial charge in [-0.1, -0.05) is 48.5 Å². The van der Waals surface area contributed by atoms with Crippen molar-refractivity contribution in [3.8, 4) is 0 Å². The van der Waals surface area contributed by atoms with Crippen LogP contribution in [0.2, 0.25) is 0 Å². The van der Waals surface area contributed by atoms with Crippen LogP contribution in [-0.4, -0.2) is 102 Å². The summed E-state index contributed by atoms with van der Waals surface area (Å²) in [4.78, 5) is 52.6. The van der Waals surface area contributed by atoms with Gasteiger partial charge in [-0.2, -0.15) is 0 Å². The minimum atomic E-state index is -0.720. The highest BCUT2D eigenvalue weighted by atomic mass is 16.2. The Labute approximate surface area is 198 Å². The van der Waals surface area contributed by atoms with Crippen LogP contribution >= 0.6 is 0 Å². The van der Waals surface area contributed by atoms with E-state index in [0.29, 0.717) is 24.6 Å². The fourth-order valence-corrected chi connectivity index (χ4v) is 4.86. The molecule has 2 atom stereocenters. The maximum atomic E-state index is 13.2. The molecular weight excluding hydrogens is 432 g/mol. The number of guanidine groups is 1. The molecule has 2 aromatic rings. The Kier molecular flexibility index (Phi) is 5.69. The summed E-state index contributed by atoms with van der Waals surface area (Å²) in [7, 11) is 3.13. The van der Waals surface area contributed by atoms with Crippen molar-refractivity contribution < 1.29 is 14.4 Å². The summed E-state index contributed by atoms with van der Waals surface area (Å²) in [5.41, 5.74) is 1.75. The van der Waals surface area contributed by atoms with Crippen LogP contribution in [0, 0.1) is 0 Å². The van der Waals surface area contributed by atoms with Gasteiger partial charge < -0.3 is 19.6 Å². The summed E-state index contributed by atoms with van der Waals surface area (Å²) < 4.78 is 0. The molecule has 0 aliphatic carbocycles. The van der Waals surface area contributed by atoms with Crippen LogP contribution in [0.1, 0.15) is 10.4 Å². The number of aliphatic imine (C=N–C) groups is 1. The Bertz CT molecular complexity index is 1110. The van der Waals surface area contributed by atoms with Gasteiger partial charge in [0.1, 0.15) is 0 Å². The highest BCUT2D eigenvalue weighted by molar-refractivity contribution is 6.06. The molecule has 0 N–H and O–H groups in total. The van der Waals surface area contributed by atoms with Gasteiger partial charge in [0, 0.05) is 51.5 Å². The Hall–Kier alpha value is -3.88. The normalized spacial score (nSPS) is 22.8. The van der Waals surface area contributed by atoms with E-state index in [4.69, 9.17) is 4.99 Å². The first-order valence-electron chi connectivity index (χ1n) is 11.5. The van der Waals surface area contributed by atoms with E-state index < -0.39 is 12.2 Å². The topological polar surface area (TPSA) is 79.8 Å². The molecule has 0 radical (unpaired) electrons. The van der Waals surface area contributed by atoms with Crippen molar-refractivity contribution in [2.75, 3.05) is 51.7 Å². The van der Waals surface area contributed by atoms with E-state index in [-0.39, 0.29) is 24.3 Å². The molecule has 2 aromatic carbocycles. The summed E-state index contributed by atoms with van der Waals surface area (Å²) in [6.45, 7) is 3.00. The number of imide groups is 1. The minimum Gasteiger partial charge on any atom is -0.368 e. The van der Waals surface area contributed by atoms with Crippen molar-refractivity contribution in [1.82, 2.24) is 19.6 Å². The molecule has 2 fully saturated rings. The second kappa shape index (κ2) is 8.81. The molecule has 9 nitrogen and oxygen atoms in total.